The zero-order valence-corrected chi connectivity index (χ0v) is 17.8. The lowest BCUT2D eigenvalue weighted by atomic mass is 9.55. The zero-order chi connectivity index (χ0) is 20.6. The van der Waals surface area contributed by atoms with Crippen LogP contribution in [0.3, 0.4) is 0 Å². The number of imide groups is 1. The lowest BCUT2D eigenvalue weighted by molar-refractivity contribution is -0.122. The molecule has 0 radical (unpaired) electrons. The van der Waals surface area contributed by atoms with Crippen LogP contribution in [0.15, 0.2) is 72.8 Å². The largest absolute Gasteiger partial charge is 0.497 e. The summed E-state index contributed by atoms with van der Waals surface area (Å²) < 4.78 is 4.51. The number of carbonyl (C=O) groups excluding carboxylic acids is 2. The molecule has 1 aliphatic heterocycles. The smallest absolute Gasteiger partial charge is 0.239 e. The molecule has 4 aliphatic rings. The van der Waals surface area contributed by atoms with Crippen molar-refractivity contribution < 1.29 is 14.3 Å². The molecule has 2 amide bonds. The van der Waals surface area contributed by atoms with Crippen molar-refractivity contribution in [1.29, 1.82) is 0 Å². The average molecular weight is 460 g/mol. The Morgan fingerprint density at radius 2 is 1.40 bits per heavy atom. The van der Waals surface area contributed by atoms with Crippen molar-refractivity contribution >= 4 is 33.4 Å². The summed E-state index contributed by atoms with van der Waals surface area (Å²) in [6.45, 7) is 0. The van der Waals surface area contributed by atoms with Crippen LogP contribution in [0.1, 0.15) is 28.2 Å². The lowest BCUT2D eigenvalue weighted by Crippen LogP contribution is -2.50. The monoisotopic (exact) mass is 459 g/mol. The van der Waals surface area contributed by atoms with E-state index in [1.54, 1.807) is 31.4 Å². The molecule has 2 bridgehead atoms. The Labute approximate surface area is 182 Å². The molecule has 0 saturated carbocycles. The third-order valence-corrected chi connectivity index (χ3v) is 8.19. The van der Waals surface area contributed by atoms with E-state index in [1.165, 1.54) is 4.90 Å². The molecule has 5 heteroatoms. The third kappa shape index (κ3) is 2.01. The molecule has 0 spiro atoms. The van der Waals surface area contributed by atoms with E-state index >= 15 is 0 Å². The Morgan fingerprint density at radius 3 is 1.97 bits per heavy atom. The lowest BCUT2D eigenvalue weighted by Gasteiger charge is -2.51. The first-order valence-electron chi connectivity index (χ1n) is 9.97. The minimum atomic E-state index is -0.715. The molecule has 3 aromatic rings. The highest BCUT2D eigenvalue weighted by molar-refractivity contribution is 9.09. The summed E-state index contributed by atoms with van der Waals surface area (Å²) in [5, 5.41) is 0. The Balaban J connectivity index is 1.57. The van der Waals surface area contributed by atoms with Crippen LogP contribution in [-0.2, 0) is 13.9 Å². The molecule has 4 nitrogen and oxygen atoms in total. The van der Waals surface area contributed by atoms with Gasteiger partial charge in [0.25, 0.3) is 0 Å². The van der Waals surface area contributed by atoms with Crippen LogP contribution < -0.4 is 9.64 Å². The third-order valence-electron chi connectivity index (χ3n) is 6.85. The van der Waals surface area contributed by atoms with Gasteiger partial charge in [0.1, 0.15) is 5.75 Å². The van der Waals surface area contributed by atoms with Gasteiger partial charge >= 0.3 is 0 Å². The first kappa shape index (κ1) is 17.9. The van der Waals surface area contributed by atoms with Crippen LogP contribution in [0.25, 0.3) is 0 Å². The second kappa shape index (κ2) is 6.05. The van der Waals surface area contributed by atoms with Gasteiger partial charge in [0.15, 0.2) is 0 Å². The molecule has 0 unspecified atom stereocenters. The minimum Gasteiger partial charge on any atom is -0.497 e. The van der Waals surface area contributed by atoms with Crippen molar-refractivity contribution in [2.45, 2.75) is 10.2 Å². The Morgan fingerprint density at radius 1 is 0.833 bits per heavy atom. The van der Waals surface area contributed by atoms with Gasteiger partial charge in [-0.15, -0.1) is 0 Å². The normalized spacial score (nSPS) is 28.2. The van der Waals surface area contributed by atoms with Gasteiger partial charge in [-0.25, -0.2) is 4.90 Å². The summed E-state index contributed by atoms with van der Waals surface area (Å²) in [5.41, 5.74) is 5.03. The standard InChI is InChI=1S/C25H18BrNO3/c1-30-15-12-10-14(11-13-15)27-23(28)21-20-16-6-2-4-8-18(16)25(26,22(21)24(27)29)19-9-5-3-7-17(19)20/h2-13,20-22H,1H3/t20?,21-,22+,25?/m0/s1. The number of ether oxygens (including phenoxy) is 1. The molecule has 30 heavy (non-hydrogen) atoms. The first-order valence-corrected chi connectivity index (χ1v) is 10.8. The predicted octanol–water partition coefficient (Wildman–Crippen LogP) is 4.60. The molecular weight excluding hydrogens is 442 g/mol. The van der Waals surface area contributed by atoms with Gasteiger partial charge in [-0.2, -0.15) is 0 Å². The molecule has 1 fully saturated rings. The van der Waals surface area contributed by atoms with Crippen molar-refractivity contribution in [2.75, 3.05) is 12.0 Å². The summed E-state index contributed by atoms with van der Waals surface area (Å²) in [7, 11) is 1.59. The number of rotatable bonds is 2. The summed E-state index contributed by atoms with van der Waals surface area (Å²) >= 11 is 4.01. The number of hydrogen-bond acceptors (Lipinski definition) is 3. The number of nitrogens with zero attached hydrogens (tertiary/aromatic N) is 1. The van der Waals surface area contributed by atoms with Crippen LogP contribution in [0, 0.1) is 11.8 Å². The predicted molar refractivity (Wildman–Crippen MR) is 117 cm³/mol. The summed E-state index contributed by atoms with van der Waals surface area (Å²) in [5.74, 6) is -0.631. The quantitative estimate of drug-likeness (QED) is 0.415. The topological polar surface area (TPSA) is 46.6 Å². The van der Waals surface area contributed by atoms with Crippen LogP contribution in [0.2, 0.25) is 0 Å². The Kier molecular flexibility index (Phi) is 3.61. The van der Waals surface area contributed by atoms with Crippen LogP contribution in [0.4, 0.5) is 5.69 Å². The molecule has 1 saturated heterocycles. The van der Waals surface area contributed by atoms with E-state index in [2.05, 4.69) is 40.2 Å². The van der Waals surface area contributed by atoms with Gasteiger partial charge in [0.2, 0.25) is 11.8 Å². The van der Waals surface area contributed by atoms with E-state index in [-0.39, 0.29) is 17.7 Å². The number of anilines is 1. The maximum absolute atomic E-state index is 13.8. The van der Waals surface area contributed by atoms with Crippen LogP contribution >= 0.6 is 15.9 Å². The Bertz CT molecular complexity index is 1170. The maximum atomic E-state index is 13.8. The highest BCUT2D eigenvalue weighted by Gasteiger charge is 2.67. The number of benzene rings is 3. The second-order valence-electron chi connectivity index (χ2n) is 8.08. The average Bonchev–Trinajstić information content (AvgIpc) is 3.06. The number of alkyl halides is 1. The van der Waals surface area contributed by atoms with Crippen molar-refractivity contribution in [1.82, 2.24) is 0 Å². The second-order valence-corrected chi connectivity index (χ2v) is 9.33. The van der Waals surface area contributed by atoms with Crippen LogP contribution in [-0.4, -0.2) is 18.9 Å². The summed E-state index contributed by atoms with van der Waals surface area (Å²) in [6.07, 6.45) is 0. The van der Waals surface area contributed by atoms with Gasteiger partial charge in [0, 0.05) is 5.92 Å². The van der Waals surface area contributed by atoms with Crippen molar-refractivity contribution in [2.24, 2.45) is 11.8 Å². The molecule has 3 aliphatic carbocycles. The van der Waals surface area contributed by atoms with Gasteiger partial charge in [-0.05, 0) is 46.5 Å². The molecule has 2 atom stereocenters. The van der Waals surface area contributed by atoms with Gasteiger partial charge in [-0.3, -0.25) is 9.59 Å². The van der Waals surface area contributed by atoms with Crippen LogP contribution in [0.5, 0.6) is 5.75 Å². The zero-order valence-electron chi connectivity index (χ0n) is 16.2. The first-order chi connectivity index (χ1) is 14.6. The highest BCUT2D eigenvalue weighted by Crippen LogP contribution is 2.66. The fraction of sp³-hybridized carbons (Fsp3) is 0.200. The van der Waals surface area contributed by atoms with E-state index in [0.717, 1.165) is 22.3 Å². The van der Waals surface area contributed by atoms with Crippen molar-refractivity contribution in [3.63, 3.8) is 0 Å². The minimum absolute atomic E-state index is 0.124. The molecule has 0 N–H and O–H groups in total. The van der Waals surface area contributed by atoms with Crippen molar-refractivity contribution in [3.05, 3.63) is 95.1 Å². The van der Waals surface area contributed by atoms with E-state index in [1.807, 2.05) is 24.3 Å². The number of hydrogen-bond donors (Lipinski definition) is 0. The molecule has 3 aromatic carbocycles. The number of amides is 2. The fourth-order valence-electron chi connectivity index (χ4n) is 5.66. The summed E-state index contributed by atoms with van der Waals surface area (Å²) in [6, 6.07) is 23.5. The van der Waals surface area contributed by atoms with Crippen molar-refractivity contribution in [3.8, 4) is 5.75 Å². The van der Waals surface area contributed by atoms with E-state index < -0.39 is 16.2 Å². The van der Waals surface area contributed by atoms with Gasteiger partial charge in [0.05, 0.1) is 29.0 Å². The molecule has 0 aromatic heterocycles. The van der Waals surface area contributed by atoms with Gasteiger partial charge < -0.3 is 4.74 Å². The summed E-state index contributed by atoms with van der Waals surface area (Å²) in [4.78, 5) is 28.8. The number of halogens is 1. The SMILES string of the molecule is COc1ccc(N2C(=O)[C@H]3C4c5ccccc5C(Br)(c5ccccc54)[C@H]3C2=O)cc1. The Hall–Kier alpha value is -2.92. The van der Waals surface area contributed by atoms with E-state index in [0.29, 0.717) is 11.4 Å². The number of carbonyl (C=O) groups is 2. The maximum Gasteiger partial charge on any atom is 0.239 e. The van der Waals surface area contributed by atoms with E-state index in [9.17, 15) is 9.59 Å². The number of methoxy groups -OCH3 is 1. The molecule has 148 valence electrons. The molecular formula is C25H18BrNO3. The highest BCUT2D eigenvalue weighted by atomic mass is 79.9. The molecule has 7 rings (SSSR count). The molecule has 1 heterocycles. The van der Waals surface area contributed by atoms with Gasteiger partial charge in [-0.1, -0.05) is 64.5 Å². The fourth-order valence-corrected chi connectivity index (χ4v) is 6.87. The van der Waals surface area contributed by atoms with E-state index in [4.69, 9.17) is 4.74 Å².